The van der Waals surface area contributed by atoms with Gasteiger partial charge in [0.1, 0.15) is 5.75 Å². The summed E-state index contributed by atoms with van der Waals surface area (Å²) >= 11 is 0. The van der Waals surface area contributed by atoms with Gasteiger partial charge in [0.15, 0.2) is 6.61 Å². The summed E-state index contributed by atoms with van der Waals surface area (Å²) in [5.74, 6) is 0.110. The average molecular weight is 439 g/mol. The van der Waals surface area contributed by atoms with Gasteiger partial charge in [-0.15, -0.1) is 0 Å². The highest BCUT2D eigenvalue weighted by atomic mass is 32.2. The van der Waals surface area contributed by atoms with Crippen molar-refractivity contribution < 1.29 is 17.9 Å². The van der Waals surface area contributed by atoms with E-state index in [0.29, 0.717) is 17.1 Å². The van der Waals surface area contributed by atoms with E-state index in [0.717, 1.165) is 22.3 Å². The van der Waals surface area contributed by atoms with Crippen LogP contribution < -0.4 is 14.8 Å². The topological polar surface area (TPSA) is 84.5 Å². The molecule has 0 aliphatic rings. The van der Waals surface area contributed by atoms with Gasteiger partial charge in [0.25, 0.3) is 15.9 Å². The fraction of sp³-hybridized carbons (Fsp3) is 0.208. The van der Waals surface area contributed by atoms with Crippen molar-refractivity contribution in [1.29, 1.82) is 0 Å². The van der Waals surface area contributed by atoms with Crippen LogP contribution in [0, 0.1) is 27.7 Å². The summed E-state index contributed by atoms with van der Waals surface area (Å²) in [5, 5.41) is 2.80. The molecule has 3 aromatic carbocycles. The number of amides is 1. The Morgan fingerprint density at radius 1 is 0.774 bits per heavy atom. The smallest absolute Gasteiger partial charge is 0.262 e. The van der Waals surface area contributed by atoms with Gasteiger partial charge in [0, 0.05) is 11.4 Å². The molecule has 162 valence electrons. The molecule has 0 atom stereocenters. The van der Waals surface area contributed by atoms with Crippen molar-refractivity contribution in [2.75, 3.05) is 16.6 Å². The minimum Gasteiger partial charge on any atom is -0.484 e. The zero-order chi connectivity index (χ0) is 22.6. The fourth-order valence-electron chi connectivity index (χ4n) is 3.36. The number of carbonyl (C=O) groups excluding carboxylic acids is 1. The van der Waals surface area contributed by atoms with Crippen molar-refractivity contribution in [3.8, 4) is 5.75 Å². The van der Waals surface area contributed by atoms with Crippen LogP contribution in [-0.4, -0.2) is 20.9 Å². The Balaban J connectivity index is 1.60. The summed E-state index contributed by atoms with van der Waals surface area (Å²) in [6.07, 6.45) is 0. The molecule has 0 heterocycles. The van der Waals surface area contributed by atoms with E-state index < -0.39 is 10.0 Å². The summed E-state index contributed by atoms with van der Waals surface area (Å²) in [4.78, 5) is 12.3. The molecule has 3 rings (SSSR count). The Morgan fingerprint density at radius 2 is 1.26 bits per heavy atom. The molecule has 2 N–H and O–H groups in total. The maximum absolute atomic E-state index is 12.6. The lowest BCUT2D eigenvalue weighted by molar-refractivity contribution is -0.118. The first-order valence-corrected chi connectivity index (χ1v) is 11.3. The number of sulfonamides is 1. The normalized spacial score (nSPS) is 11.1. The first-order valence-electron chi connectivity index (χ1n) is 9.83. The Hall–Kier alpha value is -3.32. The highest BCUT2D eigenvalue weighted by molar-refractivity contribution is 7.92. The predicted octanol–water partition coefficient (Wildman–Crippen LogP) is 4.74. The van der Waals surface area contributed by atoms with Crippen LogP contribution in [0.5, 0.6) is 5.75 Å². The van der Waals surface area contributed by atoms with Crippen molar-refractivity contribution in [3.63, 3.8) is 0 Å². The van der Waals surface area contributed by atoms with Crippen LogP contribution in [-0.2, 0) is 14.8 Å². The number of carbonyl (C=O) groups is 1. The van der Waals surface area contributed by atoms with Gasteiger partial charge in [-0.3, -0.25) is 9.52 Å². The molecular formula is C24H26N2O4S. The van der Waals surface area contributed by atoms with Crippen LogP contribution in [0.4, 0.5) is 11.4 Å². The standard InChI is InChI=1S/C24H26N2O4S/c1-16-9-17(2)12-20(11-16)25-24(27)15-30-22-5-7-23(8-6-22)31(28,29)26-21-13-18(3)10-19(4)14-21/h5-14,26H,15H2,1-4H3,(H,25,27). The summed E-state index contributed by atoms with van der Waals surface area (Å²) < 4.78 is 33.4. The Morgan fingerprint density at radius 3 is 1.77 bits per heavy atom. The molecule has 31 heavy (non-hydrogen) atoms. The van der Waals surface area contributed by atoms with Gasteiger partial charge in [-0.1, -0.05) is 12.1 Å². The zero-order valence-electron chi connectivity index (χ0n) is 18.0. The monoisotopic (exact) mass is 438 g/mol. The number of nitrogens with one attached hydrogen (secondary N) is 2. The first kappa shape index (κ1) is 22.4. The van der Waals surface area contributed by atoms with Gasteiger partial charge in [0.2, 0.25) is 0 Å². The van der Waals surface area contributed by atoms with Crippen molar-refractivity contribution in [3.05, 3.63) is 82.9 Å². The molecule has 0 aliphatic heterocycles. The second kappa shape index (κ2) is 9.22. The fourth-order valence-corrected chi connectivity index (χ4v) is 4.40. The molecule has 0 fully saturated rings. The van der Waals surface area contributed by atoms with Crippen LogP contribution in [0.1, 0.15) is 22.3 Å². The molecule has 0 aliphatic carbocycles. The molecule has 0 unspecified atom stereocenters. The van der Waals surface area contributed by atoms with E-state index in [1.807, 2.05) is 52.0 Å². The van der Waals surface area contributed by atoms with E-state index in [1.54, 1.807) is 12.1 Å². The van der Waals surface area contributed by atoms with Gasteiger partial charge in [0.05, 0.1) is 4.90 Å². The van der Waals surface area contributed by atoms with Crippen LogP contribution in [0.15, 0.2) is 65.6 Å². The lowest BCUT2D eigenvalue weighted by Crippen LogP contribution is -2.20. The molecule has 0 spiro atoms. The zero-order valence-corrected chi connectivity index (χ0v) is 18.8. The third-order valence-electron chi connectivity index (χ3n) is 4.48. The predicted molar refractivity (Wildman–Crippen MR) is 123 cm³/mol. The van der Waals surface area contributed by atoms with Crippen molar-refractivity contribution in [2.24, 2.45) is 0 Å². The van der Waals surface area contributed by atoms with E-state index in [2.05, 4.69) is 10.0 Å². The van der Waals surface area contributed by atoms with Crippen LogP contribution in [0.3, 0.4) is 0 Å². The summed E-state index contributed by atoms with van der Waals surface area (Å²) in [5.41, 5.74) is 5.29. The van der Waals surface area contributed by atoms with Gasteiger partial charge >= 0.3 is 0 Å². The highest BCUT2D eigenvalue weighted by Crippen LogP contribution is 2.21. The quantitative estimate of drug-likeness (QED) is 0.558. The molecule has 6 nitrogen and oxygen atoms in total. The number of hydrogen-bond donors (Lipinski definition) is 2. The summed E-state index contributed by atoms with van der Waals surface area (Å²) in [6.45, 7) is 7.56. The van der Waals surface area contributed by atoms with E-state index in [9.17, 15) is 13.2 Å². The van der Waals surface area contributed by atoms with Gasteiger partial charge < -0.3 is 10.1 Å². The number of anilines is 2. The molecule has 0 bridgehead atoms. The lowest BCUT2D eigenvalue weighted by Gasteiger charge is -2.11. The number of benzene rings is 3. The minimum atomic E-state index is -3.73. The van der Waals surface area contributed by atoms with Crippen molar-refractivity contribution in [1.82, 2.24) is 0 Å². The SMILES string of the molecule is Cc1cc(C)cc(NC(=O)COc2ccc(S(=O)(=O)Nc3cc(C)cc(C)c3)cc2)c1. The molecule has 0 saturated carbocycles. The van der Waals surface area contributed by atoms with Gasteiger partial charge in [-0.05, 0) is 98.5 Å². The average Bonchev–Trinajstić information content (AvgIpc) is 2.64. The van der Waals surface area contributed by atoms with E-state index >= 15 is 0 Å². The van der Waals surface area contributed by atoms with Crippen LogP contribution in [0.25, 0.3) is 0 Å². The lowest BCUT2D eigenvalue weighted by atomic mass is 10.1. The van der Waals surface area contributed by atoms with Gasteiger partial charge in [-0.2, -0.15) is 0 Å². The maximum atomic E-state index is 12.6. The van der Waals surface area contributed by atoms with Gasteiger partial charge in [-0.25, -0.2) is 8.42 Å². The third-order valence-corrected chi connectivity index (χ3v) is 5.88. The highest BCUT2D eigenvalue weighted by Gasteiger charge is 2.15. The van der Waals surface area contributed by atoms with E-state index in [-0.39, 0.29) is 17.4 Å². The van der Waals surface area contributed by atoms with E-state index in [1.165, 1.54) is 24.3 Å². The number of ether oxygens (including phenoxy) is 1. The van der Waals surface area contributed by atoms with Crippen molar-refractivity contribution >= 4 is 27.3 Å². The largest absolute Gasteiger partial charge is 0.484 e. The second-order valence-electron chi connectivity index (χ2n) is 7.67. The van der Waals surface area contributed by atoms with Crippen molar-refractivity contribution in [2.45, 2.75) is 32.6 Å². The molecule has 0 radical (unpaired) electrons. The first-order chi connectivity index (χ1) is 14.6. The third kappa shape index (κ3) is 6.33. The molecule has 0 saturated heterocycles. The Kier molecular flexibility index (Phi) is 6.65. The van der Waals surface area contributed by atoms with Crippen LogP contribution >= 0.6 is 0 Å². The summed E-state index contributed by atoms with van der Waals surface area (Å²) in [6, 6.07) is 17.3. The van der Waals surface area contributed by atoms with Crippen LogP contribution in [0.2, 0.25) is 0 Å². The maximum Gasteiger partial charge on any atom is 0.262 e. The number of aryl methyl sites for hydroxylation is 4. The Bertz CT molecular complexity index is 1160. The molecular weight excluding hydrogens is 412 g/mol. The van der Waals surface area contributed by atoms with E-state index in [4.69, 9.17) is 4.74 Å². The molecule has 1 amide bonds. The minimum absolute atomic E-state index is 0.110. The number of rotatable bonds is 7. The molecule has 0 aromatic heterocycles. The molecule has 7 heteroatoms. The Labute approximate surface area is 183 Å². The summed E-state index contributed by atoms with van der Waals surface area (Å²) in [7, 11) is -3.73. The number of hydrogen-bond acceptors (Lipinski definition) is 4. The molecule has 3 aromatic rings. The second-order valence-corrected chi connectivity index (χ2v) is 9.35.